The Bertz CT molecular complexity index is 716. The zero-order valence-electron chi connectivity index (χ0n) is 15.0. The highest BCUT2D eigenvalue weighted by Crippen LogP contribution is 2.33. The molecule has 138 valence electrons. The first-order valence-electron chi connectivity index (χ1n) is 9.38. The van der Waals surface area contributed by atoms with Crippen molar-refractivity contribution in [3.63, 3.8) is 0 Å². The molecule has 1 amide bonds. The summed E-state index contributed by atoms with van der Waals surface area (Å²) in [5, 5.41) is 22.8. The molecule has 0 saturated carbocycles. The summed E-state index contributed by atoms with van der Waals surface area (Å²) in [6, 6.07) is 17.2. The molecule has 0 bridgehead atoms. The highest BCUT2D eigenvalue weighted by atomic mass is 16.3. The van der Waals surface area contributed by atoms with E-state index < -0.39 is 12.1 Å². The molecule has 0 radical (unpaired) electrons. The minimum absolute atomic E-state index is 0.0639. The van der Waals surface area contributed by atoms with Crippen molar-refractivity contribution in [2.24, 2.45) is 0 Å². The molecule has 26 heavy (non-hydrogen) atoms. The second kappa shape index (κ2) is 8.97. The van der Waals surface area contributed by atoms with E-state index >= 15 is 0 Å². The van der Waals surface area contributed by atoms with Gasteiger partial charge in [-0.2, -0.15) is 0 Å². The molecule has 0 saturated heterocycles. The first-order valence-corrected chi connectivity index (χ1v) is 9.38. The van der Waals surface area contributed by atoms with Crippen molar-refractivity contribution in [1.82, 2.24) is 5.32 Å². The van der Waals surface area contributed by atoms with Crippen molar-refractivity contribution < 1.29 is 15.0 Å². The van der Waals surface area contributed by atoms with Crippen LogP contribution in [-0.4, -0.2) is 28.8 Å². The number of hydrogen-bond acceptors (Lipinski definition) is 3. The van der Waals surface area contributed by atoms with E-state index in [4.69, 9.17) is 0 Å². The molecule has 0 fully saturated rings. The summed E-state index contributed by atoms with van der Waals surface area (Å²) in [7, 11) is 0. The highest BCUT2D eigenvalue weighted by Gasteiger charge is 2.24. The number of nitrogens with one attached hydrogen (secondary N) is 1. The zero-order valence-corrected chi connectivity index (χ0v) is 15.0. The molecule has 0 aliphatic heterocycles. The van der Waals surface area contributed by atoms with E-state index in [1.807, 2.05) is 42.5 Å². The van der Waals surface area contributed by atoms with E-state index in [2.05, 4.69) is 17.4 Å². The van der Waals surface area contributed by atoms with Crippen LogP contribution in [0.1, 0.15) is 54.4 Å². The van der Waals surface area contributed by atoms with Crippen LogP contribution in [0.4, 0.5) is 0 Å². The lowest BCUT2D eigenvalue weighted by Gasteiger charge is -2.26. The Morgan fingerprint density at radius 3 is 2.62 bits per heavy atom. The van der Waals surface area contributed by atoms with Crippen LogP contribution >= 0.6 is 0 Å². The van der Waals surface area contributed by atoms with Gasteiger partial charge in [0, 0.05) is 6.42 Å². The van der Waals surface area contributed by atoms with Gasteiger partial charge in [0.1, 0.15) is 0 Å². The average molecular weight is 353 g/mol. The summed E-state index contributed by atoms with van der Waals surface area (Å²) < 4.78 is 0. The van der Waals surface area contributed by atoms with Gasteiger partial charge in [0.2, 0.25) is 5.91 Å². The number of benzene rings is 2. The molecular formula is C22H27NO3. The summed E-state index contributed by atoms with van der Waals surface area (Å²) in [6.07, 6.45) is 3.22. The Morgan fingerprint density at radius 1 is 1.12 bits per heavy atom. The van der Waals surface area contributed by atoms with E-state index in [1.54, 1.807) is 0 Å². The van der Waals surface area contributed by atoms with E-state index in [9.17, 15) is 15.0 Å². The SMILES string of the molecule is O=C(CC1CCCc2ccccc21)NC(CO)CC(O)c1ccccc1. The molecule has 4 heteroatoms. The third-order valence-electron chi connectivity index (χ3n) is 5.20. The van der Waals surface area contributed by atoms with Crippen LogP contribution in [-0.2, 0) is 11.2 Å². The van der Waals surface area contributed by atoms with Gasteiger partial charge in [-0.1, -0.05) is 54.6 Å². The predicted molar refractivity (Wildman–Crippen MR) is 102 cm³/mol. The quantitative estimate of drug-likeness (QED) is 0.716. The average Bonchev–Trinajstić information content (AvgIpc) is 2.68. The standard InChI is InChI=1S/C22H27NO3/c24-15-19(14-21(25)17-8-2-1-3-9-17)23-22(26)13-18-11-6-10-16-7-4-5-12-20(16)18/h1-5,7-9,12,18-19,21,24-25H,6,10-11,13-15H2,(H,23,26). The molecule has 0 heterocycles. The van der Waals surface area contributed by atoms with Crippen LogP contribution < -0.4 is 5.32 Å². The van der Waals surface area contributed by atoms with Crippen molar-refractivity contribution in [2.45, 2.75) is 50.2 Å². The number of fused-ring (bicyclic) bond motifs is 1. The van der Waals surface area contributed by atoms with Crippen LogP contribution in [0.3, 0.4) is 0 Å². The Hall–Kier alpha value is -2.17. The lowest BCUT2D eigenvalue weighted by atomic mass is 9.81. The van der Waals surface area contributed by atoms with Gasteiger partial charge in [-0.25, -0.2) is 0 Å². The van der Waals surface area contributed by atoms with Crippen LogP contribution in [0, 0.1) is 0 Å². The summed E-state index contributed by atoms with van der Waals surface area (Å²) in [5.74, 6) is 0.171. The molecule has 2 aromatic rings. The van der Waals surface area contributed by atoms with Gasteiger partial charge in [-0.3, -0.25) is 4.79 Å². The molecule has 2 aromatic carbocycles. The first kappa shape index (κ1) is 18.6. The second-order valence-corrected chi connectivity index (χ2v) is 7.10. The molecule has 0 aromatic heterocycles. The molecule has 1 aliphatic rings. The number of aliphatic hydroxyl groups is 2. The lowest BCUT2D eigenvalue weighted by molar-refractivity contribution is -0.122. The van der Waals surface area contributed by atoms with Crippen molar-refractivity contribution >= 4 is 5.91 Å². The van der Waals surface area contributed by atoms with E-state index in [0.29, 0.717) is 12.8 Å². The highest BCUT2D eigenvalue weighted by molar-refractivity contribution is 5.77. The van der Waals surface area contributed by atoms with Crippen LogP contribution in [0.15, 0.2) is 54.6 Å². The molecule has 3 atom stereocenters. The third-order valence-corrected chi connectivity index (χ3v) is 5.20. The Balaban J connectivity index is 1.57. The smallest absolute Gasteiger partial charge is 0.220 e. The maximum atomic E-state index is 12.5. The van der Waals surface area contributed by atoms with Gasteiger partial charge >= 0.3 is 0 Å². The first-order chi connectivity index (χ1) is 12.7. The van der Waals surface area contributed by atoms with Crippen molar-refractivity contribution in [3.8, 4) is 0 Å². The van der Waals surface area contributed by atoms with Gasteiger partial charge < -0.3 is 15.5 Å². The van der Waals surface area contributed by atoms with Gasteiger partial charge in [-0.15, -0.1) is 0 Å². The van der Waals surface area contributed by atoms with E-state index in [0.717, 1.165) is 24.8 Å². The molecule has 1 aliphatic carbocycles. The molecule has 4 nitrogen and oxygen atoms in total. The third kappa shape index (κ3) is 4.71. The number of carbonyl (C=O) groups is 1. The van der Waals surface area contributed by atoms with E-state index in [1.165, 1.54) is 11.1 Å². The van der Waals surface area contributed by atoms with Gasteiger partial charge in [-0.05, 0) is 48.3 Å². The fourth-order valence-electron chi connectivity index (χ4n) is 3.84. The predicted octanol–water partition coefficient (Wildman–Crippen LogP) is 3.10. The fraction of sp³-hybridized carbons (Fsp3) is 0.409. The van der Waals surface area contributed by atoms with Crippen LogP contribution in [0.5, 0.6) is 0 Å². The van der Waals surface area contributed by atoms with Gasteiger partial charge in [0.05, 0.1) is 18.8 Å². The maximum absolute atomic E-state index is 12.5. The molecule has 0 spiro atoms. The molecular weight excluding hydrogens is 326 g/mol. The lowest BCUT2D eigenvalue weighted by Crippen LogP contribution is -2.39. The zero-order chi connectivity index (χ0) is 18.4. The topological polar surface area (TPSA) is 69.6 Å². The van der Waals surface area contributed by atoms with E-state index in [-0.39, 0.29) is 18.4 Å². The summed E-state index contributed by atoms with van der Waals surface area (Å²) in [6.45, 7) is -0.184. The Morgan fingerprint density at radius 2 is 1.85 bits per heavy atom. The minimum atomic E-state index is -0.705. The number of carbonyl (C=O) groups excluding carboxylic acids is 1. The number of aryl methyl sites for hydroxylation is 1. The Kier molecular flexibility index (Phi) is 6.42. The molecule has 3 unspecified atom stereocenters. The monoisotopic (exact) mass is 353 g/mol. The number of hydrogen-bond donors (Lipinski definition) is 3. The minimum Gasteiger partial charge on any atom is -0.394 e. The van der Waals surface area contributed by atoms with Crippen molar-refractivity contribution in [1.29, 1.82) is 0 Å². The number of aliphatic hydroxyl groups excluding tert-OH is 2. The Labute approximate surface area is 154 Å². The molecule has 3 rings (SSSR count). The second-order valence-electron chi connectivity index (χ2n) is 7.10. The summed E-state index contributed by atoms with van der Waals surface area (Å²) in [5.41, 5.74) is 3.41. The summed E-state index contributed by atoms with van der Waals surface area (Å²) >= 11 is 0. The van der Waals surface area contributed by atoms with Crippen molar-refractivity contribution in [3.05, 3.63) is 71.3 Å². The van der Waals surface area contributed by atoms with Gasteiger partial charge in [0.15, 0.2) is 0 Å². The van der Waals surface area contributed by atoms with Crippen LogP contribution in [0.25, 0.3) is 0 Å². The number of amides is 1. The van der Waals surface area contributed by atoms with Crippen molar-refractivity contribution in [2.75, 3.05) is 6.61 Å². The van der Waals surface area contributed by atoms with Crippen LogP contribution in [0.2, 0.25) is 0 Å². The summed E-state index contributed by atoms with van der Waals surface area (Å²) in [4.78, 5) is 12.5. The normalized spacial score (nSPS) is 18.6. The molecule has 3 N–H and O–H groups in total. The number of rotatable bonds is 7. The fourth-order valence-corrected chi connectivity index (χ4v) is 3.84. The largest absolute Gasteiger partial charge is 0.394 e. The maximum Gasteiger partial charge on any atom is 0.220 e. The van der Waals surface area contributed by atoms with Gasteiger partial charge in [0.25, 0.3) is 0 Å².